The smallest absolute Gasteiger partial charge is 0.229 e. The zero-order valence-corrected chi connectivity index (χ0v) is 25.0. The molecule has 1 aromatic heterocycles. The van der Waals surface area contributed by atoms with Crippen LogP contribution < -0.4 is 9.47 Å². The lowest BCUT2D eigenvalue weighted by Gasteiger charge is -2.39. The minimum atomic E-state index is -2.66. The number of thiophene rings is 1. The van der Waals surface area contributed by atoms with Gasteiger partial charge >= 0.3 is 0 Å². The van der Waals surface area contributed by atoms with Gasteiger partial charge in [-0.25, -0.2) is 0 Å². The Morgan fingerprint density at radius 1 is 0.933 bits per heavy atom. The second-order valence-corrected chi connectivity index (χ2v) is 12.1. The molecule has 0 amide bonds. The fraction of sp³-hybridized carbons (Fsp3) is 0.382. The highest BCUT2D eigenvalue weighted by Crippen LogP contribution is 2.42. The van der Waals surface area contributed by atoms with Crippen molar-refractivity contribution in [1.29, 1.82) is 0 Å². The molecule has 2 aliphatic rings. The molecule has 0 bridgehead atoms. The number of piperidine rings is 1. The Hall–Kier alpha value is -3.55. The Balaban J connectivity index is 1.24. The number of hydrogen-bond acceptors (Lipinski definition) is 11. The SMILES string of the molecule is [2H]C([2H])(Oc1ccc(C(=O)c2c(-c3ccc(O[C@@H]4O[C@H](CO)[C@@H](O)[C@H](O)[C@H]4O)cc3)sc3cc(O)ccc23)cc1)C([2H])([2H])N1CCCCC1. The molecule has 2 fully saturated rings. The molecule has 2 aliphatic heterocycles. The van der Waals surface area contributed by atoms with Crippen LogP contribution in [0.2, 0.25) is 0 Å². The first-order valence-corrected chi connectivity index (χ1v) is 15.5. The summed E-state index contributed by atoms with van der Waals surface area (Å²) >= 11 is 1.29. The number of hydrogen-bond donors (Lipinski definition) is 5. The van der Waals surface area contributed by atoms with Crippen molar-refractivity contribution in [2.75, 3.05) is 32.8 Å². The summed E-state index contributed by atoms with van der Waals surface area (Å²) in [5.41, 5.74) is 1.29. The number of aromatic hydroxyl groups is 1. The number of carbonyl (C=O) groups excluding carboxylic acids is 1. The number of nitrogens with zero attached hydrogens (tertiary/aromatic N) is 1. The Labute approximate surface area is 270 Å². The molecule has 5 atom stereocenters. The number of fused-ring (bicyclic) bond motifs is 1. The van der Waals surface area contributed by atoms with E-state index in [1.807, 2.05) is 0 Å². The number of likely N-dealkylation sites (tertiary alicyclic amines) is 1. The van der Waals surface area contributed by atoms with Crippen molar-refractivity contribution in [3.63, 3.8) is 0 Å². The van der Waals surface area contributed by atoms with Gasteiger partial charge in [0.2, 0.25) is 6.29 Å². The van der Waals surface area contributed by atoms with Crippen LogP contribution in [0, 0.1) is 0 Å². The number of aliphatic hydroxyl groups excluding tert-OH is 4. The van der Waals surface area contributed by atoms with Crippen LogP contribution in [0.15, 0.2) is 66.7 Å². The number of aliphatic hydroxyl groups is 4. The molecule has 6 rings (SSSR count). The van der Waals surface area contributed by atoms with Crippen LogP contribution in [-0.2, 0) is 4.74 Å². The van der Waals surface area contributed by atoms with Gasteiger partial charge in [0.25, 0.3) is 0 Å². The number of phenolic OH excluding ortho intramolecular Hbond substituents is 1. The van der Waals surface area contributed by atoms with E-state index in [-0.39, 0.29) is 28.6 Å². The zero-order chi connectivity index (χ0) is 35.1. The lowest BCUT2D eigenvalue weighted by Crippen LogP contribution is -2.60. The first-order chi connectivity index (χ1) is 23.3. The van der Waals surface area contributed by atoms with Crippen LogP contribution in [0.3, 0.4) is 0 Å². The third-order valence-corrected chi connectivity index (χ3v) is 9.16. The van der Waals surface area contributed by atoms with Crippen LogP contribution in [0.5, 0.6) is 17.2 Å². The van der Waals surface area contributed by atoms with Crippen molar-refractivity contribution in [1.82, 2.24) is 4.90 Å². The van der Waals surface area contributed by atoms with Gasteiger partial charge in [-0.2, -0.15) is 0 Å². The molecule has 0 radical (unpaired) electrons. The summed E-state index contributed by atoms with van der Waals surface area (Å²) in [4.78, 5) is 16.1. The molecule has 4 aromatic rings. The van der Waals surface area contributed by atoms with E-state index in [1.165, 1.54) is 46.6 Å². The summed E-state index contributed by atoms with van der Waals surface area (Å²) in [7, 11) is 0. The second-order valence-electron chi connectivity index (χ2n) is 11.0. The van der Waals surface area contributed by atoms with Crippen LogP contribution in [-0.4, -0.2) is 99.7 Å². The molecule has 0 spiro atoms. The molecule has 10 nitrogen and oxygen atoms in total. The van der Waals surface area contributed by atoms with Crippen LogP contribution >= 0.6 is 11.3 Å². The topological polar surface area (TPSA) is 149 Å². The van der Waals surface area contributed by atoms with Gasteiger partial charge in [0.15, 0.2) is 5.78 Å². The molecule has 0 aliphatic carbocycles. The minimum Gasteiger partial charge on any atom is -0.508 e. The number of rotatable bonds is 10. The first kappa shape index (κ1) is 26.6. The van der Waals surface area contributed by atoms with Crippen molar-refractivity contribution < 1.29 is 50.0 Å². The van der Waals surface area contributed by atoms with Gasteiger partial charge in [-0.3, -0.25) is 9.69 Å². The van der Waals surface area contributed by atoms with Gasteiger partial charge in [-0.05, 0) is 98.2 Å². The summed E-state index contributed by atoms with van der Waals surface area (Å²) in [5, 5.41) is 50.7. The maximum atomic E-state index is 14.1. The van der Waals surface area contributed by atoms with Crippen molar-refractivity contribution in [3.05, 3.63) is 77.9 Å². The molecule has 0 saturated carbocycles. The van der Waals surface area contributed by atoms with Crippen LogP contribution in [0.4, 0.5) is 0 Å². The standard InChI is InChI=1S/C34H37NO9S/c36-19-26-30(39)31(40)32(41)34(44-26)43-24-11-6-21(7-12-24)33-28(25-13-8-22(37)18-27(25)45-33)29(38)20-4-9-23(10-5-20)42-17-16-35-14-2-1-3-15-35/h4-13,18,26,30-32,34,36-37,39-41H,1-3,14-17,19H2/t26-,30-,31+,32-,34-/m1/s1/i16D2,17D2. The predicted octanol–water partition coefficient (Wildman–Crippen LogP) is 3.55. The predicted molar refractivity (Wildman–Crippen MR) is 169 cm³/mol. The van der Waals surface area contributed by atoms with Gasteiger partial charge in [0.05, 0.1) is 9.35 Å². The molecule has 238 valence electrons. The summed E-state index contributed by atoms with van der Waals surface area (Å²) in [6, 6.07) is 17.1. The Bertz CT molecular complexity index is 1780. The maximum Gasteiger partial charge on any atom is 0.229 e. The molecule has 2 saturated heterocycles. The first-order valence-electron chi connectivity index (χ1n) is 16.7. The largest absolute Gasteiger partial charge is 0.508 e. The summed E-state index contributed by atoms with van der Waals surface area (Å²) in [5.74, 6) is 0.00660. The number of carbonyl (C=O) groups is 1. The van der Waals surface area contributed by atoms with E-state index in [1.54, 1.807) is 36.4 Å². The van der Waals surface area contributed by atoms with E-state index in [0.29, 0.717) is 39.2 Å². The van der Waals surface area contributed by atoms with Crippen molar-refractivity contribution in [3.8, 4) is 27.7 Å². The van der Waals surface area contributed by atoms with Gasteiger partial charge in [-0.1, -0.05) is 6.42 Å². The van der Waals surface area contributed by atoms with Gasteiger partial charge < -0.3 is 39.7 Å². The highest BCUT2D eigenvalue weighted by atomic mass is 32.1. The van der Waals surface area contributed by atoms with Crippen LogP contribution in [0.25, 0.3) is 20.5 Å². The van der Waals surface area contributed by atoms with E-state index in [2.05, 4.69) is 0 Å². The van der Waals surface area contributed by atoms with E-state index in [9.17, 15) is 30.3 Å². The Morgan fingerprint density at radius 2 is 1.64 bits per heavy atom. The van der Waals surface area contributed by atoms with Crippen LogP contribution in [0.1, 0.15) is 40.7 Å². The quantitative estimate of drug-likeness (QED) is 0.163. The molecule has 11 heteroatoms. The zero-order valence-electron chi connectivity index (χ0n) is 28.2. The fourth-order valence-electron chi connectivity index (χ4n) is 5.47. The number of ether oxygens (including phenoxy) is 3. The summed E-state index contributed by atoms with van der Waals surface area (Å²) in [6.45, 7) is -4.75. The van der Waals surface area contributed by atoms with Crippen molar-refractivity contribution >= 4 is 27.2 Å². The maximum absolute atomic E-state index is 14.1. The molecular formula is C34H37NO9S. The lowest BCUT2D eigenvalue weighted by atomic mass is 9.97. The van der Waals surface area contributed by atoms with Gasteiger partial charge in [0.1, 0.15) is 48.2 Å². The molecule has 0 unspecified atom stereocenters. The summed E-state index contributed by atoms with van der Waals surface area (Å²) < 4.78 is 51.0. The van der Waals surface area contributed by atoms with Crippen molar-refractivity contribution in [2.24, 2.45) is 0 Å². The van der Waals surface area contributed by atoms with Gasteiger partial charge in [-0.15, -0.1) is 11.3 Å². The Kier molecular flexibility index (Phi) is 8.19. The highest BCUT2D eigenvalue weighted by molar-refractivity contribution is 7.22. The molecule has 3 heterocycles. The lowest BCUT2D eigenvalue weighted by molar-refractivity contribution is -0.277. The highest BCUT2D eigenvalue weighted by Gasteiger charge is 2.44. The average Bonchev–Trinajstić information content (AvgIpc) is 3.47. The van der Waals surface area contributed by atoms with E-state index >= 15 is 0 Å². The third-order valence-electron chi connectivity index (χ3n) is 7.96. The fourth-order valence-corrected chi connectivity index (χ4v) is 6.71. The summed E-state index contributed by atoms with van der Waals surface area (Å²) in [6.07, 6.45) is -4.65. The van der Waals surface area contributed by atoms with E-state index in [4.69, 9.17) is 19.7 Å². The molecule has 45 heavy (non-hydrogen) atoms. The number of benzene rings is 3. The van der Waals surface area contributed by atoms with Crippen molar-refractivity contribution in [2.45, 2.75) is 50.0 Å². The number of phenols is 1. The monoisotopic (exact) mass is 639 g/mol. The normalized spacial score (nSPS) is 26.0. The molecular weight excluding hydrogens is 598 g/mol. The molecule has 3 aromatic carbocycles. The van der Waals surface area contributed by atoms with E-state index in [0.717, 1.165) is 19.3 Å². The number of ketones is 1. The van der Waals surface area contributed by atoms with E-state index < -0.39 is 50.4 Å². The van der Waals surface area contributed by atoms with Gasteiger partial charge in [0, 0.05) is 35.3 Å². The molecule has 5 N–H and O–H groups in total. The minimum absolute atomic E-state index is 0.0303. The third kappa shape index (κ3) is 6.85. The Morgan fingerprint density at radius 3 is 2.36 bits per heavy atom. The second kappa shape index (κ2) is 13.8. The average molecular weight is 640 g/mol.